The van der Waals surface area contributed by atoms with Crippen molar-refractivity contribution in [2.45, 2.75) is 52.7 Å². The summed E-state index contributed by atoms with van der Waals surface area (Å²) in [6.07, 6.45) is 2.30. The normalized spacial score (nSPS) is 25.0. The van der Waals surface area contributed by atoms with E-state index >= 15 is 0 Å². The quantitative estimate of drug-likeness (QED) is 0.690. The molecule has 1 rings (SSSR count). The van der Waals surface area contributed by atoms with E-state index in [9.17, 15) is 4.79 Å². The molecule has 100 valence electrons. The molecule has 0 aliphatic carbocycles. The Bertz CT molecular complexity index is 244. The summed E-state index contributed by atoms with van der Waals surface area (Å²) in [6.45, 7) is 10.4. The lowest BCUT2D eigenvalue weighted by Gasteiger charge is -2.24. The molecule has 2 unspecified atom stereocenters. The lowest BCUT2D eigenvalue weighted by molar-refractivity contribution is -0.130. The van der Waals surface area contributed by atoms with Crippen LogP contribution in [0.25, 0.3) is 0 Å². The van der Waals surface area contributed by atoms with Crippen LogP contribution in [0, 0.1) is 5.92 Å². The van der Waals surface area contributed by atoms with Crippen LogP contribution < -0.4 is 5.32 Å². The van der Waals surface area contributed by atoms with E-state index in [0.717, 1.165) is 19.4 Å². The van der Waals surface area contributed by atoms with Crippen LogP contribution in [0.2, 0.25) is 0 Å². The van der Waals surface area contributed by atoms with Crippen molar-refractivity contribution in [1.82, 2.24) is 10.2 Å². The smallest absolute Gasteiger partial charge is 0.240 e. The maximum Gasteiger partial charge on any atom is 0.240 e. The maximum atomic E-state index is 11.9. The number of hydrogen-bond donors (Lipinski definition) is 1. The van der Waals surface area contributed by atoms with E-state index in [-0.39, 0.29) is 18.1 Å². The highest BCUT2D eigenvalue weighted by atomic mass is 16.5. The monoisotopic (exact) mass is 242 g/mol. The van der Waals surface area contributed by atoms with Gasteiger partial charge in [0.25, 0.3) is 0 Å². The Morgan fingerprint density at radius 1 is 1.47 bits per heavy atom. The molecule has 1 N–H and O–H groups in total. The minimum Gasteiger partial charge on any atom is -0.379 e. The number of rotatable bonds is 7. The topological polar surface area (TPSA) is 41.6 Å². The Hall–Kier alpha value is -0.610. The van der Waals surface area contributed by atoms with Gasteiger partial charge in [-0.15, -0.1) is 0 Å². The highest BCUT2D eigenvalue weighted by Crippen LogP contribution is 2.14. The Morgan fingerprint density at radius 2 is 2.18 bits per heavy atom. The van der Waals surface area contributed by atoms with Gasteiger partial charge in [-0.2, -0.15) is 0 Å². The molecule has 0 aromatic heterocycles. The van der Waals surface area contributed by atoms with Crippen molar-refractivity contribution in [3.63, 3.8) is 0 Å². The number of nitrogens with zero attached hydrogens (tertiary/aromatic N) is 1. The number of ether oxygens (including phenoxy) is 1. The lowest BCUT2D eigenvalue weighted by Crippen LogP contribution is -2.39. The Labute approximate surface area is 105 Å². The van der Waals surface area contributed by atoms with Crippen molar-refractivity contribution >= 4 is 5.91 Å². The van der Waals surface area contributed by atoms with E-state index in [1.807, 2.05) is 11.8 Å². The van der Waals surface area contributed by atoms with Gasteiger partial charge in [-0.1, -0.05) is 27.2 Å². The zero-order chi connectivity index (χ0) is 12.8. The Kier molecular flexibility index (Phi) is 5.92. The fourth-order valence-electron chi connectivity index (χ4n) is 2.11. The van der Waals surface area contributed by atoms with Crippen LogP contribution in [-0.2, 0) is 9.53 Å². The molecule has 0 saturated carbocycles. The van der Waals surface area contributed by atoms with Gasteiger partial charge in [0, 0.05) is 13.2 Å². The van der Waals surface area contributed by atoms with Gasteiger partial charge < -0.3 is 9.64 Å². The van der Waals surface area contributed by atoms with Crippen LogP contribution in [0.3, 0.4) is 0 Å². The summed E-state index contributed by atoms with van der Waals surface area (Å²) in [7, 11) is 0. The third kappa shape index (κ3) is 4.28. The van der Waals surface area contributed by atoms with Crippen LogP contribution in [0.5, 0.6) is 0 Å². The molecule has 1 amide bonds. The number of hydrogen-bond acceptors (Lipinski definition) is 3. The number of carbonyl (C=O) groups excluding carboxylic acids is 1. The molecule has 2 atom stereocenters. The average molecular weight is 242 g/mol. The largest absolute Gasteiger partial charge is 0.379 e. The van der Waals surface area contributed by atoms with E-state index < -0.39 is 0 Å². The molecule has 0 bridgehead atoms. The molecular weight excluding hydrogens is 216 g/mol. The molecule has 1 heterocycles. The molecule has 4 heteroatoms. The predicted molar refractivity (Wildman–Crippen MR) is 68.7 cm³/mol. The molecule has 0 aromatic carbocycles. The molecule has 17 heavy (non-hydrogen) atoms. The van der Waals surface area contributed by atoms with Crippen molar-refractivity contribution in [3.05, 3.63) is 0 Å². The van der Waals surface area contributed by atoms with Crippen LogP contribution in [0.15, 0.2) is 0 Å². The number of nitrogens with one attached hydrogen (secondary N) is 1. The fourth-order valence-corrected chi connectivity index (χ4v) is 2.11. The van der Waals surface area contributed by atoms with E-state index in [1.54, 1.807) is 0 Å². The first-order valence-corrected chi connectivity index (χ1v) is 6.70. The molecular formula is C13H26N2O2. The van der Waals surface area contributed by atoms with Crippen molar-refractivity contribution in [2.75, 3.05) is 19.8 Å². The molecule has 4 nitrogen and oxygen atoms in total. The van der Waals surface area contributed by atoms with Gasteiger partial charge in [0.2, 0.25) is 5.91 Å². The molecule has 1 saturated heterocycles. The highest BCUT2D eigenvalue weighted by molar-refractivity contribution is 5.83. The summed E-state index contributed by atoms with van der Waals surface area (Å²) in [4.78, 5) is 13.9. The SMILES string of the molecule is CCCC1NC(C)C(=O)N1CCOCC(C)C. The number of carbonyl (C=O) groups is 1. The second-order valence-corrected chi connectivity index (χ2v) is 5.19. The van der Waals surface area contributed by atoms with Crippen molar-refractivity contribution < 1.29 is 9.53 Å². The van der Waals surface area contributed by atoms with Crippen LogP contribution in [-0.4, -0.2) is 42.8 Å². The van der Waals surface area contributed by atoms with Crippen LogP contribution in [0.1, 0.15) is 40.5 Å². The third-order valence-corrected chi connectivity index (χ3v) is 2.96. The molecule has 1 aliphatic heterocycles. The van der Waals surface area contributed by atoms with E-state index in [0.29, 0.717) is 19.1 Å². The summed E-state index contributed by atoms with van der Waals surface area (Å²) in [6, 6.07) is -0.0448. The molecule has 0 radical (unpaired) electrons. The van der Waals surface area contributed by atoms with Crippen molar-refractivity contribution in [2.24, 2.45) is 5.92 Å². The Balaban J connectivity index is 2.35. The maximum absolute atomic E-state index is 11.9. The van der Waals surface area contributed by atoms with Gasteiger partial charge in [-0.3, -0.25) is 10.1 Å². The zero-order valence-corrected chi connectivity index (χ0v) is 11.5. The van der Waals surface area contributed by atoms with E-state index in [4.69, 9.17) is 4.74 Å². The van der Waals surface area contributed by atoms with Gasteiger partial charge in [-0.25, -0.2) is 0 Å². The first kappa shape index (κ1) is 14.5. The second kappa shape index (κ2) is 6.97. The minimum absolute atomic E-state index is 0.0448. The van der Waals surface area contributed by atoms with Gasteiger partial charge in [-0.05, 0) is 19.3 Å². The average Bonchev–Trinajstić information content (AvgIpc) is 2.51. The van der Waals surface area contributed by atoms with Gasteiger partial charge in [0.15, 0.2) is 0 Å². The highest BCUT2D eigenvalue weighted by Gasteiger charge is 2.34. The standard InChI is InChI=1S/C13H26N2O2/c1-5-6-12-14-11(4)13(16)15(12)7-8-17-9-10(2)3/h10-12,14H,5-9H2,1-4H3. The van der Waals surface area contributed by atoms with Gasteiger partial charge in [0.05, 0.1) is 18.8 Å². The summed E-state index contributed by atoms with van der Waals surface area (Å²) in [5, 5.41) is 3.33. The lowest BCUT2D eigenvalue weighted by atomic mass is 10.2. The van der Waals surface area contributed by atoms with E-state index in [1.165, 1.54) is 0 Å². The first-order chi connectivity index (χ1) is 8.06. The minimum atomic E-state index is -0.0448. The van der Waals surface area contributed by atoms with Crippen molar-refractivity contribution in [3.8, 4) is 0 Å². The summed E-state index contributed by atoms with van der Waals surface area (Å²) in [5.74, 6) is 0.754. The summed E-state index contributed by atoms with van der Waals surface area (Å²) >= 11 is 0. The second-order valence-electron chi connectivity index (χ2n) is 5.19. The first-order valence-electron chi connectivity index (χ1n) is 6.70. The predicted octanol–water partition coefficient (Wildman–Crippen LogP) is 1.61. The number of amides is 1. The molecule has 0 spiro atoms. The summed E-state index contributed by atoms with van der Waals surface area (Å²) < 4.78 is 5.55. The Morgan fingerprint density at radius 3 is 2.76 bits per heavy atom. The molecule has 1 aliphatic rings. The van der Waals surface area contributed by atoms with Crippen molar-refractivity contribution in [1.29, 1.82) is 0 Å². The summed E-state index contributed by atoms with van der Waals surface area (Å²) in [5.41, 5.74) is 0. The molecule has 1 fully saturated rings. The van der Waals surface area contributed by atoms with E-state index in [2.05, 4.69) is 26.1 Å². The van der Waals surface area contributed by atoms with Crippen LogP contribution >= 0.6 is 0 Å². The van der Waals surface area contributed by atoms with Crippen LogP contribution in [0.4, 0.5) is 0 Å². The third-order valence-electron chi connectivity index (χ3n) is 2.96. The zero-order valence-electron chi connectivity index (χ0n) is 11.5. The fraction of sp³-hybridized carbons (Fsp3) is 0.923. The van der Waals surface area contributed by atoms with Gasteiger partial charge in [0.1, 0.15) is 0 Å². The molecule has 0 aromatic rings. The van der Waals surface area contributed by atoms with Gasteiger partial charge >= 0.3 is 0 Å².